The maximum atomic E-state index is 12.9. The molecule has 2 aromatic carbocycles. The predicted molar refractivity (Wildman–Crippen MR) is 121 cm³/mol. The van der Waals surface area contributed by atoms with Crippen molar-refractivity contribution >= 4 is 5.78 Å². The molecule has 0 saturated heterocycles. The summed E-state index contributed by atoms with van der Waals surface area (Å²) in [5, 5.41) is 31.0. The molecule has 5 nitrogen and oxygen atoms in total. The molecule has 3 rings (SSSR count). The molecule has 0 saturated carbocycles. The molecule has 0 radical (unpaired) electrons. The van der Waals surface area contributed by atoms with Gasteiger partial charge in [0.15, 0.2) is 5.78 Å². The third-order valence-electron chi connectivity index (χ3n) is 5.60. The van der Waals surface area contributed by atoms with Crippen LogP contribution in [0.3, 0.4) is 0 Å². The van der Waals surface area contributed by atoms with E-state index in [1.54, 1.807) is 25.1 Å². The zero-order chi connectivity index (χ0) is 22.7. The van der Waals surface area contributed by atoms with Crippen LogP contribution in [0.4, 0.5) is 0 Å². The molecule has 1 heterocycles. The molecule has 31 heavy (non-hydrogen) atoms. The van der Waals surface area contributed by atoms with Crippen LogP contribution >= 0.6 is 0 Å². The minimum Gasteiger partial charge on any atom is -0.508 e. The molecule has 0 unspecified atom stereocenters. The van der Waals surface area contributed by atoms with Gasteiger partial charge in [0.1, 0.15) is 34.7 Å². The minimum absolute atomic E-state index is 0.0760. The fourth-order valence-electron chi connectivity index (χ4n) is 3.73. The van der Waals surface area contributed by atoms with Gasteiger partial charge in [-0.25, -0.2) is 0 Å². The van der Waals surface area contributed by atoms with Crippen molar-refractivity contribution in [2.24, 2.45) is 0 Å². The van der Waals surface area contributed by atoms with Gasteiger partial charge in [0.2, 0.25) is 0 Å². The van der Waals surface area contributed by atoms with Crippen LogP contribution in [-0.2, 0) is 6.42 Å². The Balaban J connectivity index is 1.84. The lowest BCUT2D eigenvalue weighted by Gasteiger charge is -2.27. The van der Waals surface area contributed by atoms with Crippen LogP contribution in [0.2, 0.25) is 0 Å². The Bertz CT molecular complexity index is 1060. The summed E-state index contributed by atoms with van der Waals surface area (Å²) >= 11 is 0. The van der Waals surface area contributed by atoms with E-state index in [-0.39, 0.29) is 40.8 Å². The number of carbonyl (C=O) groups is 1. The Kier molecular flexibility index (Phi) is 6.74. The van der Waals surface area contributed by atoms with Gasteiger partial charge in [0.25, 0.3) is 0 Å². The Morgan fingerprint density at radius 2 is 1.84 bits per heavy atom. The topological polar surface area (TPSA) is 87.0 Å². The molecular weight excluding hydrogens is 392 g/mol. The van der Waals surface area contributed by atoms with Crippen LogP contribution in [0.5, 0.6) is 23.0 Å². The second-order valence-corrected chi connectivity index (χ2v) is 8.45. The van der Waals surface area contributed by atoms with Crippen molar-refractivity contribution in [3.05, 3.63) is 69.8 Å². The van der Waals surface area contributed by atoms with Gasteiger partial charge < -0.3 is 20.1 Å². The first-order valence-electron chi connectivity index (χ1n) is 10.5. The van der Waals surface area contributed by atoms with Gasteiger partial charge in [0.05, 0.1) is 6.42 Å². The first-order valence-corrected chi connectivity index (χ1v) is 10.5. The molecule has 0 spiro atoms. The van der Waals surface area contributed by atoms with Crippen molar-refractivity contribution in [3.63, 3.8) is 0 Å². The van der Waals surface area contributed by atoms with Crippen LogP contribution in [0, 0.1) is 6.92 Å². The zero-order valence-electron chi connectivity index (χ0n) is 18.5. The Morgan fingerprint density at radius 3 is 2.52 bits per heavy atom. The number of aryl methyl sites for hydroxylation is 1. The second kappa shape index (κ2) is 9.29. The van der Waals surface area contributed by atoms with Crippen LogP contribution in [-0.4, -0.2) is 21.1 Å². The second-order valence-electron chi connectivity index (χ2n) is 8.45. The first kappa shape index (κ1) is 22.5. The molecular formula is C26H30O5. The average molecular weight is 423 g/mol. The molecule has 5 heteroatoms. The van der Waals surface area contributed by atoms with Crippen molar-refractivity contribution in [3.8, 4) is 23.0 Å². The molecule has 1 atom stereocenters. The molecule has 1 aliphatic heterocycles. The summed E-state index contributed by atoms with van der Waals surface area (Å²) in [4.78, 5) is 12.9. The van der Waals surface area contributed by atoms with Crippen molar-refractivity contribution in [2.45, 2.75) is 59.5 Å². The van der Waals surface area contributed by atoms with E-state index in [4.69, 9.17) is 4.74 Å². The lowest BCUT2D eigenvalue weighted by atomic mass is 9.92. The van der Waals surface area contributed by atoms with Gasteiger partial charge in [-0.2, -0.15) is 0 Å². The molecule has 164 valence electrons. The Morgan fingerprint density at radius 1 is 1.10 bits per heavy atom. The third kappa shape index (κ3) is 5.10. The number of Topliss-reactive ketones (excluding diaryl/α,β-unsaturated/α-hetero) is 1. The van der Waals surface area contributed by atoms with Crippen molar-refractivity contribution < 1.29 is 24.9 Å². The smallest absolute Gasteiger partial charge is 0.174 e. The third-order valence-corrected chi connectivity index (χ3v) is 5.60. The summed E-state index contributed by atoms with van der Waals surface area (Å²) in [6.45, 7) is 7.92. The summed E-state index contributed by atoms with van der Waals surface area (Å²) in [7, 11) is 0. The number of carbonyl (C=O) groups excluding carboxylic acids is 1. The molecule has 0 bridgehead atoms. The number of allylic oxidation sites excluding steroid dienone is 4. The first-order chi connectivity index (χ1) is 14.7. The largest absolute Gasteiger partial charge is 0.508 e. The molecule has 0 fully saturated rings. The van der Waals surface area contributed by atoms with Crippen molar-refractivity contribution in [2.75, 3.05) is 0 Å². The normalized spacial score (nSPS) is 15.9. The molecule has 1 aliphatic rings. The number of hydrogen-bond acceptors (Lipinski definition) is 5. The number of phenolic OH excluding ortho intramolecular Hbond substituents is 3. The van der Waals surface area contributed by atoms with Gasteiger partial charge in [0, 0.05) is 11.6 Å². The van der Waals surface area contributed by atoms with Crippen molar-refractivity contribution in [1.29, 1.82) is 0 Å². The Hall–Kier alpha value is -3.21. The minimum atomic E-state index is -0.541. The van der Waals surface area contributed by atoms with E-state index >= 15 is 0 Å². The number of ether oxygens (including phenoxy) is 1. The highest BCUT2D eigenvalue weighted by atomic mass is 16.5. The zero-order valence-corrected chi connectivity index (χ0v) is 18.5. The number of benzene rings is 2. The molecule has 0 aliphatic carbocycles. The predicted octanol–water partition coefficient (Wildman–Crippen LogP) is 6.05. The van der Waals surface area contributed by atoms with Gasteiger partial charge in [-0.3, -0.25) is 4.79 Å². The summed E-state index contributed by atoms with van der Waals surface area (Å²) in [6, 6.07) is 6.46. The fourth-order valence-corrected chi connectivity index (χ4v) is 3.73. The number of hydrogen-bond donors (Lipinski definition) is 3. The highest BCUT2D eigenvalue weighted by Crippen LogP contribution is 2.45. The standard InChI is InChI=1S/C26H30O5/c1-15(2)6-5-7-16(3)8-10-19-21(28)13-24-25(26(19)30)22(29)14-23(31-24)18-9-11-20(27)17(4)12-18/h6,8-9,11-13,23,27-28,30H,5,7,10,14H2,1-4H3/b16-8+/t23-/m0/s1. The number of phenols is 3. The van der Waals surface area contributed by atoms with Crippen LogP contribution in [0.15, 0.2) is 47.6 Å². The lowest BCUT2D eigenvalue weighted by Crippen LogP contribution is -2.21. The van der Waals surface area contributed by atoms with E-state index in [0.29, 0.717) is 17.5 Å². The van der Waals surface area contributed by atoms with Gasteiger partial charge in [-0.15, -0.1) is 0 Å². The lowest BCUT2D eigenvalue weighted by molar-refractivity contribution is 0.0844. The van der Waals surface area contributed by atoms with Gasteiger partial charge >= 0.3 is 0 Å². The highest BCUT2D eigenvalue weighted by molar-refractivity contribution is 6.03. The summed E-state index contributed by atoms with van der Waals surface area (Å²) in [6.07, 6.45) is 5.85. The number of rotatable bonds is 6. The molecule has 0 aromatic heterocycles. The summed E-state index contributed by atoms with van der Waals surface area (Å²) in [5.74, 6) is -0.195. The van der Waals surface area contributed by atoms with E-state index < -0.39 is 6.10 Å². The Labute approximate surface area is 183 Å². The monoisotopic (exact) mass is 422 g/mol. The van der Waals surface area contributed by atoms with Crippen LogP contribution in [0.25, 0.3) is 0 Å². The molecule has 0 amide bonds. The number of aromatic hydroxyl groups is 3. The van der Waals surface area contributed by atoms with E-state index in [0.717, 1.165) is 24.0 Å². The molecule has 2 aromatic rings. The summed E-state index contributed by atoms with van der Waals surface area (Å²) in [5.41, 5.74) is 4.32. The fraction of sp³-hybridized carbons (Fsp3) is 0.346. The van der Waals surface area contributed by atoms with E-state index in [9.17, 15) is 20.1 Å². The quantitative estimate of drug-likeness (QED) is 0.493. The van der Waals surface area contributed by atoms with Crippen LogP contribution in [0.1, 0.15) is 73.2 Å². The van der Waals surface area contributed by atoms with E-state index in [1.807, 2.05) is 13.0 Å². The highest BCUT2D eigenvalue weighted by Gasteiger charge is 2.32. The van der Waals surface area contributed by atoms with Crippen molar-refractivity contribution in [1.82, 2.24) is 0 Å². The maximum Gasteiger partial charge on any atom is 0.174 e. The van der Waals surface area contributed by atoms with Gasteiger partial charge in [-0.1, -0.05) is 29.4 Å². The number of fused-ring (bicyclic) bond motifs is 1. The van der Waals surface area contributed by atoms with Gasteiger partial charge in [-0.05, 0) is 70.2 Å². The average Bonchev–Trinajstić information content (AvgIpc) is 2.68. The van der Waals surface area contributed by atoms with Crippen LogP contribution < -0.4 is 4.74 Å². The SMILES string of the molecule is CC(C)=CCC/C(C)=C/Cc1c(O)cc2c(c1O)C(=O)C[C@@H](c1ccc(O)c(C)c1)O2. The van der Waals surface area contributed by atoms with E-state index in [1.165, 1.54) is 11.6 Å². The summed E-state index contributed by atoms with van der Waals surface area (Å²) < 4.78 is 5.96. The number of ketones is 1. The van der Waals surface area contributed by atoms with E-state index in [2.05, 4.69) is 19.9 Å². The molecule has 3 N–H and O–H groups in total. The maximum absolute atomic E-state index is 12.9.